The number of nitrogens with zero attached hydrogens (tertiary/aromatic N) is 1. The van der Waals surface area contributed by atoms with Crippen LogP contribution in [0.15, 0.2) is 0 Å². The molecule has 0 rings (SSSR count). The van der Waals surface area contributed by atoms with E-state index in [4.69, 9.17) is 15.2 Å². The van der Waals surface area contributed by atoms with Crippen molar-refractivity contribution in [3.05, 3.63) is 0 Å². The number of esters is 1. The summed E-state index contributed by atoms with van der Waals surface area (Å²) in [5, 5.41) is 0. The minimum atomic E-state index is -0.589. The Balaban J connectivity index is 3.93. The van der Waals surface area contributed by atoms with Gasteiger partial charge in [-0.2, -0.15) is 0 Å². The molecule has 5 heteroatoms. The topological polar surface area (TPSA) is 64.8 Å². The van der Waals surface area contributed by atoms with E-state index in [2.05, 4.69) is 0 Å². The summed E-state index contributed by atoms with van der Waals surface area (Å²) >= 11 is 0. The molecule has 90 valence electrons. The molecule has 2 atom stereocenters. The first-order valence-corrected chi connectivity index (χ1v) is 5.14. The minimum absolute atomic E-state index is 0.232. The van der Waals surface area contributed by atoms with Gasteiger partial charge in [-0.3, -0.25) is 9.69 Å². The summed E-state index contributed by atoms with van der Waals surface area (Å²) < 4.78 is 9.84. The molecule has 0 fully saturated rings. The van der Waals surface area contributed by atoms with E-state index in [9.17, 15) is 4.79 Å². The summed E-state index contributed by atoms with van der Waals surface area (Å²) in [5.41, 5.74) is 5.68. The number of carbonyl (C=O) groups excluding carboxylic acids is 1. The molecule has 0 amide bonds. The van der Waals surface area contributed by atoms with E-state index in [1.807, 2.05) is 18.9 Å². The summed E-state index contributed by atoms with van der Waals surface area (Å²) in [4.78, 5) is 13.2. The van der Waals surface area contributed by atoms with Crippen molar-refractivity contribution in [2.75, 3.05) is 33.9 Å². The average molecular weight is 218 g/mol. The largest absolute Gasteiger partial charge is 0.465 e. The lowest BCUT2D eigenvalue weighted by atomic mass is 10.2. The van der Waals surface area contributed by atoms with Gasteiger partial charge in [-0.15, -0.1) is 0 Å². The Kier molecular flexibility index (Phi) is 7.29. The third-order valence-electron chi connectivity index (χ3n) is 2.23. The Morgan fingerprint density at radius 2 is 2.13 bits per heavy atom. The predicted octanol–water partition coefficient (Wildman–Crippen LogP) is -0.156. The molecular formula is C10H22N2O3. The van der Waals surface area contributed by atoms with Crippen molar-refractivity contribution in [1.82, 2.24) is 4.90 Å². The maximum Gasteiger partial charge on any atom is 0.324 e. The van der Waals surface area contributed by atoms with Crippen LogP contribution in [0.1, 0.15) is 13.8 Å². The third kappa shape index (κ3) is 5.71. The van der Waals surface area contributed by atoms with E-state index in [-0.39, 0.29) is 12.0 Å². The molecule has 0 heterocycles. The van der Waals surface area contributed by atoms with Crippen molar-refractivity contribution in [2.45, 2.75) is 25.9 Å². The van der Waals surface area contributed by atoms with Crippen molar-refractivity contribution >= 4 is 5.97 Å². The van der Waals surface area contributed by atoms with Gasteiger partial charge in [0, 0.05) is 19.7 Å². The Bertz CT molecular complexity index is 188. The first kappa shape index (κ1) is 14.3. The van der Waals surface area contributed by atoms with Crippen molar-refractivity contribution in [2.24, 2.45) is 5.73 Å². The number of nitrogens with two attached hydrogens (primary N) is 1. The fourth-order valence-electron chi connectivity index (χ4n) is 1.18. The zero-order chi connectivity index (χ0) is 11.8. The predicted molar refractivity (Wildman–Crippen MR) is 58.6 cm³/mol. The number of ether oxygens (including phenoxy) is 2. The molecule has 0 aromatic heterocycles. The average Bonchev–Trinajstić information content (AvgIpc) is 2.18. The van der Waals surface area contributed by atoms with Crippen molar-refractivity contribution < 1.29 is 14.3 Å². The number of hydrogen-bond acceptors (Lipinski definition) is 5. The molecule has 0 saturated heterocycles. The first-order chi connectivity index (χ1) is 7.02. The highest BCUT2D eigenvalue weighted by molar-refractivity contribution is 5.75. The van der Waals surface area contributed by atoms with E-state index in [1.54, 1.807) is 14.0 Å². The Morgan fingerprint density at radius 3 is 2.60 bits per heavy atom. The Labute approximate surface area is 91.5 Å². The quantitative estimate of drug-likeness (QED) is 0.602. The zero-order valence-electron chi connectivity index (χ0n) is 10.0. The zero-order valence-corrected chi connectivity index (χ0v) is 10.0. The van der Waals surface area contributed by atoms with Gasteiger partial charge in [0.1, 0.15) is 6.04 Å². The maximum absolute atomic E-state index is 11.3. The summed E-state index contributed by atoms with van der Waals surface area (Å²) in [6.07, 6.45) is 0. The number of carbonyl (C=O) groups is 1. The molecule has 2 N–H and O–H groups in total. The molecule has 0 aliphatic heterocycles. The summed E-state index contributed by atoms with van der Waals surface area (Å²) in [5.74, 6) is -0.353. The van der Waals surface area contributed by atoms with Crippen LogP contribution in [0, 0.1) is 0 Å². The lowest BCUT2D eigenvalue weighted by Crippen LogP contribution is -2.46. The van der Waals surface area contributed by atoms with Gasteiger partial charge >= 0.3 is 5.97 Å². The second kappa shape index (κ2) is 7.62. The Morgan fingerprint density at radius 1 is 1.53 bits per heavy atom. The molecule has 0 spiro atoms. The smallest absolute Gasteiger partial charge is 0.324 e. The number of rotatable bonds is 7. The molecule has 0 aromatic rings. The third-order valence-corrected chi connectivity index (χ3v) is 2.23. The maximum atomic E-state index is 11.3. The highest BCUT2D eigenvalue weighted by atomic mass is 16.5. The molecule has 0 bridgehead atoms. The van der Waals surface area contributed by atoms with Crippen LogP contribution >= 0.6 is 0 Å². The lowest BCUT2D eigenvalue weighted by molar-refractivity contribution is -0.145. The number of methoxy groups -OCH3 is 1. The van der Waals surface area contributed by atoms with Crippen LogP contribution in [0.5, 0.6) is 0 Å². The minimum Gasteiger partial charge on any atom is -0.465 e. The first-order valence-electron chi connectivity index (χ1n) is 5.14. The lowest BCUT2D eigenvalue weighted by Gasteiger charge is -2.25. The van der Waals surface area contributed by atoms with Crippen molar-refractivity contribution in [1.29, 1.82) is 0 Å². The molecule has 15 heavy (non-hydrogen) atoms. The van der Waals surface area contributed by atoms with Gasteiger partial charge in [-0.05, 0) is 20.9 Å². The highest BCUT2D eigenvalue weighted by Gasteiger charge is 2.19. The number of likely N-dealkylation sites (N-methyl/N-ethyl adjacent to an activating group) is 1. The van der Waals surface area contributed by atoms with Crippen molar-refractivity contribution in [3.63, 3.8) is 0 Å². The van der Waals surface area contributed by atoms with E-state index in [1.165, 1.54) is 0 Å². The fourth-order valence-corrected chi connectivity index (χ4v) is 1.18. The Hall–Kier alpha value is -0.650. The van der Waals surface area contributed by atoms with Gasteiger partial charge in [0.15, 0.2) is 0 Å². The van der Waals surface area contributed by atoms with Gasteiger partial charge in [-0.25, -0.2) is 0 Å². The van der Waals surface area contributed by atoms with Crippen LogP contribution in [-0.4, -0.2) is 56.9 Å². The normalized spacial score (nSPS) is 15.1. The van der Waals surface area contributed by atoms with Gasteiger partial charge in [0.2, 0.25) is 0 Å². The summed E-state index contributed by atoms with van der Waals surface area (Å²) in [6.45, 7) is 5.24. The van der Waals surface area contributed by atoms with Crippen molar-refractivity contribution in [3.8, 4) is 0 Å². The molecule has 0 aliphatic rings. The molecule has 0 radical (unpaired) electrons. The standard InChI is InChI=1S/C10H22N2O3/c1-5-15-10(13)9(11)6-12(3)8(2)7-14-4/h8-9H,5-7,11H2,1-4H3. The van der Waals surface area contributed by atoms with Gasteiger partial charge < -0.3 is 15.2 Å². The molecule has 2 unspecified atom stereocenters. The van der Waals surface area contributed by atoms with Crippen LogP contribution < -0.4 is 5.73 Å². The molecule has 5 nitrogen and oxygen atoms in total. The van der Waals surface area contributed by atoms with E-state index in [0.717, 1.165) is 0 Å². The summed E-state index contributed by atoms with van der Waals surface area (Å²) in [7, 11) is 3.55. The SMILES string of the molecule is CCOC(=O)C(N)CN(C)C(C)COC. The highest BCUT2D eigenvalue weighted by Crippen LogP contribution is 1.98. The van der Waals surface area contributed by atoms with E-state index < -0.39 is 6.04 Å². The summed E-state index contributed by atoms with van der Waals surface area (Å²) in [6, 6.07) is -0.357. The molecule has 0 saturated carbocycles. The second-order valence-corrected chi connectivity index (χ2v) is 3.60. The molecule has 0 aliphatic carbocycles. The van der Waals surface area contributed by atoms with E-state index in [0.29, 0.717) is 19.8 Å². The van der Waals surface area contributed by atoms with Crippen LogP contribution in [0.4, 0.5) is 0 Å². The van der Waals surface area contributed by atoms with Gasteiger partial charge in [-0.1, -0.05) is 0 Å². The number of hydrogen-bond donors (Lipinski definition) is 1. The monoisotopic (exact) mass is 218 g/mol. The second-order valence-electron chi connectivity index (χ2n) is 3.60. The van der Waals surface area contributed by atoms with Gasteiger partial charge in [0.25, 0.3) is 0 Å². The van der Waals surface area contributed by atoms with Crippen LogP contribution in [0.2, 0.25) is 0 Å². The van der Waals surface area contributed by atoms with Gasteiger partial charge in [0.05, 0.1) is 13.2 Å². The molecule has 0 aromatic carbocycles. The van der Waals surface area contributed by atoms with Crippen LogP contribution in [0.3, 0.4) is 0 Å². The fraction of sp³-hybridized carbons (Fsp3) is 0.900. The van der Waals surface area contributed by atoms with Crippen LogP contribution in [0.25, 0.3) is 0 Å². The van der Waals surface area contributed by atoms with Crippen LogP contribution in [-0.2, 0) is 14.3 Å². The van der Waals surface area contributed by atoms with E-state index >= 15 is 0 Å². The molecular weight excluding hydrogens is 196 g/mol.